The number of hydrogen-bond donors (Lipinski definition) is 1. The number of nitrogens with zero attached hydrogens (tertiary/aromatic N) is 2. The Bertz CT molecular complexity index is 300. The van der Waals surface area contributed by atoms with Crippen molar-refractivity contribution in [1.82, 2.24) is 9.80 Å². The molecule has 0 spiro atoms. The van der Waals surface area contributed by atoms with Crippen LogP contribution in [-0.4, -0.2) is 55.5 Å². The van der Waals surface area contributed by atoms with Gasteiger partial charge in [-0.25, -0.2) is 0 Å². The molecule has 4 nitrogen and oxygen atoms in total. The Hall–Kier alpha value is -0.610. The highest BCUT2D eigenvalue weighted by molar-refractivity contribution is 5.78. The summed E-state index contributed by atoms with van der Waals surface area (Å²) in [5, 5.41) is 0. The zero-order chi connectivity index (χ0) is 13.8. The SMILES string of the molecule is CN1CCCC(CN(C)C(=O)C2CCC(N)CC2)C1. The largest absolute Gasteiger partial charge is 0.345 e. The van der Waals surface area contributed by atoms with E-state index in [4.69, 9.17) is 5.73 Å². The predicted molar refractivity (Wildman–Crippen MR) is 77.8 cm³/mol. The molecule has 0 aromatic heterocycles. The minimum atomic E-state index is 0.228. The van der Waals surface area contributed by atoms with Crippen LogP contribution in [0.5, 0.6) is 0 Å². The fourth-order valence-electron chi connectivity index (χ4n) is 3.58. The molecule has 2 N–H and O–H groups in total. The topological polar surface area (TPSA) is 49.6 Å². The molecule has 110 valence electrons. The molecule has 1 aliphatic heterocycles. The van der Waals surface area contributed by atoms with Gasteiger partial charge >= 0.3 is 0 Å². The van der Waals surface area contributed by atoms with Crippen LogP contribution < -0.4 is 5.73 Å². The maximum absolute atomic E-state index is 12.4. The van der Waals surface area contributed by atoms with Crippen molar-refractivity contribution < 1.29 is 4.79 Å². The van der Waals surface area contributed by atoms with Gasteiger partial charge in [-0.2, -0.15) is 0 Å². The summed E-state index contributed by atoms with van der Waals surface area (Å²) in [6.07, 6.45) is 6.51. The number of carbonyl (C=O) groups is 1. The van der Waals surface area contributed by atoms with Crippen molar-refractivity contribution in [2.24, 2.45) is 17.6 Å². The van der Waals surface area contributed by atoms with Gasteiger partial charge in [-0.15, -0.1) is 0 Å². The van der Waals surface area contributed by atoms with Gasteiger partial charge in [0.05, 0.1) is 0 Å². The second kappa shape index (κ2) is 6.71. The van der Waals surface area contributed by atoms with Crippen molar-refractivity contribution in [2.75, 3.05) is 33.7 Å². The first-order chi connectivity index (χ1) is 9.06. The molecule has 1 amide bonds. The van der Waals surface area contributed by atoms with Crippen LogP contribution in [0.25, 0.3) is 0 Å². The van der Waals surface area contributed by atoms with Crippen molar-refractivity contribution in [1.29, 1.82) is 0 Å². The number of piperidine rings is 1. The summed E-state index contributed by atoms with van der Waals surface area (Å²) in [6.45, 7) is 3.26. The zero-order valence-corrected chi connectivity index (χ0v) is 12.5. The van der Waals surface area contributed by atoms with E-state index in [0.717, 1.165) is 38.8 Å². The number of hydrogen-bond acceptors (Lipinski definition) is 3. The van der Waals surface area contributed by atoms with E-state index in [9.17, 15) is 4.79 Å². The first-order valence-electron chi connectivity index (χ1n) is 7.75. The molecule has 1 aliphatic carbocycles. The lowest BCUT2D eigenvalue weighted by molar-refractivity contribution is -0.136. The molecule has 0 aromatic carbocycles. The van der Waals surface area contributed by atoms with Gasteiger partial charge in [0, 0.05) is 32.1 Å². The Kier molecular flexibility index (Phi) is 5.22. The van der Waals surface area contributed by atoms with Crippen LogP contribution in [0.4, 0.5) is 0 Å². The second-order valence-electron chi connectivity index (χ2n) is 6.60. The van der Waals surface area contributed by atoms with E-state index in [2.05, 4.69) is 11.9 Å². The number of nitrogens with two attached hydrogens (primary N) is 1. The van der Waals surface area contributed by atoms with E-state index >= 15 is 0 Å². The van der Waals surface area contributed by atoms with Crippen molar-refractivity contribution in [3.8, 4) is 0 Å². The van der Waals surface area contributed by atoms with E-state index < -0.39 is 0 Å². The quantitative estimate of drug-likeness (QED) is 0.838. The smallest absolute Gasteiger partial charge is 0.225 e. The molecule has 2 aliphatic rings. The monoisotopic (exact) mass is 267 g/mol. The van der Waals surface area contributed by atoms with Crippen LogP contribution in [0.2, 0.25) is 0 Å². The van der Waals surface area contributed by atoms with E-state index in [0.29, 0.717) is 17.9 Å². The standard InChI is InChI=1S/C15H29N3O/c1-17-9-3-4-12(10-17)11-18(2)15(19)13-5-7-14(16)8-6-13/h12-14H,3-11,16H2,1-2H3. The molecule has 1 unspecified atom stereocenters. The number of rotatable bonds is 3. The van der Waals surface area contributed by atoms with Gasteiger partial charge in [0.15, 0.2) is 0 Å². The molecule has 1 saturated heterocycles. The molecule has 19 heavy (non-hydrogen) atoms. The number of amides is 1. The Morgan fingerprint density at radius 1 is 1.26 bits per heavy atom. The van der Waals surface area contributed by atoms with E-state index in [1.165, 1.54) is 19.4 Å². The summed E-state index contributed by atoms with van der Waals surface area (Å²) in [5.74, 6) is 1.23. The third-order valence-electron chi connectivity index (χ3n) is 4.75. The summed E-state index contributed by atoms with van der Waals surface area (Å²) in [4.78, 5) is 16.8. The Morgan fingerprint density at radius 2 is 1.95 bits per heavy atom. The number of carbonyl (C=O) groups excluding carboxylic acids is 1. The highest BCUT2D eigenvalue weighted by Gasteiger charge is 2.28. The molecule has 4 heteroatoms. The molecule has 0 bridgehead atoms. The highest BCUT2D eigenvalue weighted by Crippen LogP contribution is 2.25. The molecular formula is C15H29N3O. The Morgan fingerprint density at radius 3 is 2.58 bits per heavy atom. The molecular weight excluding hydrogens is 238 g/mol. The summed E-state index contributed by atoms with van der Waals surface area (Å²) in [5.41, 5.74) is 5.91. The molecule has 1 heterocycles. The first-order valence-corrected chi connectivity index (χ1v) is 7.75. The lowest BCUT2D eigenvalue weighted by atomic mass is 9.85. The van der Waals surface area contributed by atoms with E-state index in [-0.39, 0.29) is 5.92 Å². The van der Waals surface area contributed by atoms with Crippen LogP contribution in [0.1, 0.15) is 38.5 Å². The van der Waals surface area contributed by atoms with Crippen LogP contribution in [0.3, 0.4) is 0 Å². The average molecular weight is 267 g/mol. The lowest BCUT2D eigenvalue weighted by Gasteiger charge is -2.34. The number of likely N-dealkylation sites (tertiary alicyclic amines) is 1. The minimum Gasteiger partial charge on any atom is -0.345 e. The second-order valence-corrected chi connectivity index (χ2v) is 6.60. The first kappa shape index (κ1) is 14.8. The van der Waals surface area contributed by atoms with Gasteiger partial charge in [0.2, 0.25) is 5.91 Å². The summed E-state index contributed by atoms with van der Waals surface area (Å²) < 4.78 is 0. The van der Waals surface area contributed by atoms with Crippen LogP contribution >= 0.6 is 0 Å². The van der Waals surface area contributed by atoms with Crippen molar-refractivity contribution in [3.63, 3.8) is 0 Å². The Balaban J connectivity index is 1.78. The van der Waals surface area contributed by atoms with Crippen LogP contribution in [0.15, 0.2) is 0 Å². The van der Waals surface area contributed by atoms with Gasteiger partial charge in [-0.3, -0.25) is 4.79 Å². The van der Waals surface area contributed by atoms with Gasteiger partial charge in [-0.1, -0.05) is 0 Å². The van der Waals surface area contributed by atoms with Crippen molar-refractivity contribution in [2.45, 2.75) is 44.6 Å². The fraction of sp³-hybridized carbons (Fsp3) is 0.933. The van der Waals surface area contributed by atoms with E-state index in [1.807, 2.05) is 11.9 Å². The third kappa shape index (κ3) is 4.18. The molecule has 0 radical (unpaired) electrons. The summed E-state index contributed by atoms with van der Waals surface area (Å²) >= 11 is 0. The predicted octanol–water partition coefficient (Wildman–Crippen LogP) is 1.30. The fourth-order valence-corrected chi connectivity index (χ4v) is 3.58. The van der Waals surface area contributed by atoms with Crippen molar-refractivity contribution in [3.05, 3.63) is 0 Å². The maximum Gasteiger partial charge on any atom is 0.225 e. The minimum absolute atomic E-state index is 0.228. The molecule has 1 atom stereocenters. The van der Waals surface area contributed by atoms with Gasteiger partial charge in [-0.05, 0) is 58.0 Å². The average Bonchev–Trinajstić information content (AvgIpc) is 2.39. The molecule has 1 saturated carbocycles. The third-order valence-corrected chi connectivity index (χ3v) is 4.75. The van der Waals surface area contributed by atoms with Crippen LogP contribution in [-0.2, 0) is 4.79 Å². The van der Waals surface area contributed by atoms with Crippen molar-refractivity contribution >= 4 is 5.91 Å². The van der Waals surface area contributed by atoms with Crippen LogP contribution in [0, 0.1) is 11.8 Å². The molecule has 2 fully saturated rings. The van der Waals surface area contributed by atoms with Gasteiger partial charge < -0.3 is 15.5 Å². The maximum atomic E-state index is 12.4. The highest BCUT2D eigenvalue weighted by atomic mass is 16.2. The zero-order valence-electron chi connectivity index (χ0n) is 12.5. The molecule has 2 rings (SSSR count). The van der Waals surface area contributed by atoms with E-state index in [1.54, 1.807) is 0 Å². The van der Waals surface area contributed by atoms with Gasteiger partial charge in [0.1, 0.15) is 0 Å². The normalized spacial score (nSPS) is 33.1. The Labute approximate surface area is 117 Å². The summed E-state index contributed by atoms with van der Waals surface area (Å²) in [7, 11) is 4.15. The molecule has 0 aromatic rings. The lowest BCUT2D eigenvalue weighted by Crippen LogP contribution is -2.43. The van der Waals surface area contributed by atoms with Gasteiger partial charge in [0.25, 0.3) is 0 Å². The summed E-state index contributed by atoms with van der Waals surface area (Å²) in [6, 6.07) is 0.321.